The molecule has 1 aliphatic heterocycles. The molecular weight excluding hydrogens is 401 g/mol. The summed E-state index contributed by atoms with van der Waals surface area (Å²) in [4.78, 5) is 13.7. The zero-order valence-corrected chi connectivity index (χ0v) is 16.8. The normalized spacial score (nSPS) is 18.0. The van der Waals surface area contributed by atoms with Crippen molar-refractivity contribution in [1.82, 2.24) is 19.6 Å². The first-order valence-electron chi connectivity index (χ1n) is 9.58. The standard InChI is InChI=1S/C18H26N4O.C2HF3O2/c1-20-8-9-21(15-18(20)7-10-23)12-17-11-19-22(14-17)13-16-5-3-2-4-6-16;3-2(4,5)1(6)7/h2-6,11,14,18,23H,7-10,12-13,15H2,1H3;(H,6,7). The molecule has 0 amide bonds. The highest BCUT2D eigenvalue weighted by atomic mass is 19.4. The summed E-state index contributed by atoms with van der Waals surface area (Å²) in [6.45, 7) is 5.16. The number of aliphatic hydroxyl groups is 1. The predicted molar refractivity (Wildman–Crippen MR) is 105 cm³/mol. The van der Waals surface area contributed by atoms with Gasteiger partial charge in [-0.05, 0) is 19.0 Å². The van der Waals surface area contributed by atoms with E-state index in [-0.39, 0.29) is 6.61 Å². The van der Waals surface area contributed by atoms with E-state index in [1.807, 2.05) is 16.9 Å². The lowest BCUT2D eigenvalue weighted by Gasteiger charge is -2.39. The Labute approximate surface area is 173 Å². The average molecular weight is 428 g/mol. The molecule has 1 aromatic carbocycles. The van der Waals surface area contributed by atoms with E-state index in [1.54, 1.807) is 0 Å². The van der Waals surface area contributed by atoms with Crippen molar-refractivity contribution in [2.24, 2.45) is 0 Å². The number of alkyl halides is 3. The number of rotatable bonds is 6. The number of likely N-dealkylation sites (N-methyl/N-ethyl adjacent to an activating group) is 1. The lowest BCUT2D eigenvalue weighted by molar-refractivity contribution is -0.192. The van der Waals surface area contributed by atoms with E-state index in [2.05, 4.69) is 52.4 Å². The minimum Gasteiger partial charge on any atom is -0.475 e. The number of carbonyl (C=O) groups is 1. The second kappa shape index (κ2) is 11.1. The third kappa shape index (κ3) is 7.77. The number of piperazine rings is 1. The largest absolute Gasteiger partial charge is 0.490 e. The van der Waals surface area contributed by atoms with Crippen molar-refractivity contribution < 1.29 is 28.2 Å². The summed E-state index contributed by atoms with van der Waals surface area (Å²) in [6, 6.07) is 10.9. The SMILES string of the molecule is CN1CCN(Cc2cnn(Cc3ccccc3)c2)CC1CCO.O=C(O)C(F)(F)F. The molecule has 1 aromatic heterocycles. The fraction of sp³-hybridized carbons (Fsp3) is 0.500. The maximum atomic E-state index is 10.6. The first kappa shape index (κ1) is 23.8. The third-order valence-corrected chi connectivity index (χ3v) is 4.85. The molecule has 1 unspecified atom stereocenters. The van der Waals surface area contributed by atoms with E-state index >= 15 is 0 Å². The third-order valence-electron chi connectivity index (χ3n) is 4.85. The van der Waals surface area contributed by atoms with Crippen LogP contribution >= 0.6 is 0 Å². The van der Waals surface area contributed by atoms with Gasteiger partial charge in [-0.2, -0.15) is 18.3 Å². The summed E-state index contributed by atoms with van der Waals surface area (Å²) in [6.07, 6.45) is -0.116. The van der Waals surface area contributed by atoms with Crippen LogP contribution in [-0.4, -0.2) is 81.3 Å². The number of nitrogens with zero attached hydrogens (tertiary/aromatic N) is 4. The number of aliphatic carboxylic acids is 1. The van der Waals surface area contributed by atoms with Gasteiger partial charge in [-0.15, -0.1) is 0 Å². The highest BCUT2D eigenvalue weighted by molar-refractivity contribution is 5.73. The zero-order chi connectivity index (χ0) is 22.1. The van der Waals surface area contributed by atoms with Gasteiger partial charge in [0.2, 0.25) is 0 Å². The van der Waals surface area contributed by atoms with E-state index in [4.69, 9.17) is 9.90 Å². The number of benzene rings is 1. The van der Waals surface area contributed by atoms with Crippen molar-refractivity contribution in [3.05, 3.63) is 53.9 Å². The highest BCUT2D eigenvalue weighted by Gasteiger charge is 2.38. The molecule has 3 rings (SSSR count). The Morgan fingerprint density at radius 1 is 1.17 bits per heavy atom. The Hall–Kier alpha value is -2.43. The van der Waals surface area contributed by atoms with E-state index in [9.17, 15) is 18.3 Å². The van der Waals surface area contributed by atoms with E-state index in [0.717, 1.165) is 39.1 Å². The zero-order valence-electron chi connectivity index (χ0n) is 16.8. The molecule has 1 atom stereocenters. The number of aliphatic hydroxyl groups excluding tert-OH is 1. The van der Waals surface area contributed by atoms with Gasteiger partial charge < -0.3 is 15.1 Å². The van der Waals surface area contributed by atoms with E-state index in [1.165, 1.54) is 11.1 Å². The highest BCUT2D eigenvalue weighted by Crippen LogP contribution is 2.14. The van der Waals surface area contributed by atoms with Gasteiger partial charge in [0, 0.05) is 50.6 Å². The Morgan fingerprint density at radius 3 is 2.43 bits per heavy atom. The summed E-state index contributed by atoms with van der Waals surface area (Å²) < 4.78 is 33.7. The van der Waals surface area contributed by atoms with Crippen molar-refractivity contribution in [2.45, 2.75) is 31.7 Å². The van der Waals surface area contributed by atoms with Gasteiger partial charge in [0.15, 0.2) is 0 Å². The van der Waals surface area contributed by atoms with Crippen molar-refractivity contribution >= 4 is 5.97 Å². The molecule has 2 heterocycles. The van der Waals surface area contributed by atoms with Crippen LogP contribution in [0.3, 0.4) is 0 Å². The van der Waals surface area contributed by atoms with E-state index in [0.29, 0.717) is 6.04 Å². The Kier molecular flexibility index (Phi) is 8.82. The van der Waals surface area contributed by atoms with Gasteiger partial charge in [0.05, 0.1) is 12.7 Å². The second-order valence-corrected chi connectivity index (χ2v) is 7.22. The smallest absolute Gasteiger partial charge is 0.475 e. The molecule has 0 radical (unpaired) electrons. The maximum Gasteiger partial charge on any atom is 0.490 e. The monoisotopic (exact) mass is 428 g/mol. The molecule has 1 aliphatic rings. The van der Waals surface area contributed by atoms with Crippen LogP contribution in [0.25, 0.3) is 0 Å². The topological polar surface area (TPSA) is 81.8 Å². The molecule has 10 heteroatoms. The summed E-state index contributed by atoms with van der Waals surface area (Å²) in [5.41, 5.74) is 2.53. The van der Waals surface area contributed by atoms with Crippen molar-refractivity contribution in [3.8, 4) is 0 Å². The van der Waals surface area contributed by atoms with Gasteiger partial charge in [0.25, 0.3) is 0 Å². The van der Waals surface area contributed by atoms with Gasteiger partial charge in [-0.1, -0.05) is 30.3 Å². The predicted octanol–water partition coefficient (Wildman–Crippen LogP) is 2.06. The number of carboxylic acid groups (broad SMARTS) is 1. The molecule has 0 spiro atoms. The van der Waals surface area contributed by atoms with Crippen LogP contribution in [0.1, 0.15) is 17.5 Å². The summed E-state index contributed by atoms with van der Waals surface area (Å²) in [5.74, 6) is -2.76. The average Bonchev–Trinajstić information content (AvgIpc) is 3.12. The fourth-order valence-corrected chi connectivity index (χ4v) is 3.22. The first-order chi connectivity index (χ1) is 14.2. The van der Waals surface area contributed by atoms with Gasteiger partial charge in [-0.25, -0.2) is 4.79 Å². The minimum absolute atomic E-state index is 0.262. The molecule has 1 saturated heterocycles. The maximum absolute atomic E-state index is 10.6. The second-order valence-electron chi connectivity index (χ2n) is 7.22. The summed E-state index contributed by atoms with van der Waals surface area (Å²) >= 11 is 0. The molecule has 0 bridgehead atoms. The Bertz CT molecular complexity index is 783. The van der Waals surface area contributed by atoms with Crippen LogP contribution in [0.5, 0.6) is 0 Å². The van der Waals surface area contributed by atoms with Crippen LogP contribution in [0.2, 0.25) is 0 Å². The lowest BCUT2D eigenvalue weighted by atomic mass is 10.1. The summed E-state index contributed by atoms with van der Waals surface area (Å²) in [7, 11) is 2.15. The van der Waals surface area contributed by atoms with Crippen molar-refractivity contribution in [3.63, 3.8) is 0 Å². The summed E-state index contributed by atoms with van der Waals surface area (Å²) in [5, 5.41) is 20.8. The van der Waals surface area contributed by atoms with Gasteiger partial charge >= 0.3 is 12.1 Å². The van der Waals surface area contributed by atoms with Crippen molar-refractivity contribution in [2.75, 3.05) is 33.3 Å². The molecule has 30 heavy (non-hydrogen) atoms. The molecule has 0 aliphatic carbocycles. The molecule has 2 aromatic rings. The van der Waals surface area contributed by atoms with Crippen LogP contribution in [-0.2, 0) is 17.9 Å². The van der Waals surface area contributed by atoms with Gasteiger partial charge in [-0.3, -0.25) is 9.58 Å². The fourth-order valence-electron chi connectivity index (χ4n) is 3.22. The number of aromatic nitrogens is 2. The number of carboxylic acids is 1. The van der Waals surface area contributed by atoms with Crippen LogP contribution < -0.4 is 0 Å². The van der Waals surface area contributed by atoms with Crippen molar-refractivity contribution in [1.29, 1.82) is 0 Å². The van der Waals surface area contributed by atoms with Crippen LogP contribution in [0, 0.1) is 0 Å². The number of halogens is 3. The molecular formula is C20H27F3N4O3. The number of hydrogen-bond donors (Lipinski definition) is 2. The van der Waals surface area contributed by atoms with Crippen LogP contribution in [0.4, 0.5) is 13.2 Å². The molecule has 0 saturated carbocycles. The molecule has 166 valence electrons. The van der Waals surface area contributed by atoms with E-state index < -0.39 is 12.1 Å². The minimum atomic E-state index is -5.08. The molecule has 7 nitrogen and oxygen atoms in total. The quantitative estimate of drug-likeness (QED) is 0.733. The molecule has 2 N–H and O–H groups in total. The lowest BCUT2D eigenvalue weighted by Crippen LogP contribution is -2.51. The van der Waals surface area contributed by atoms with Crippen LogP contribution in [0.15, 0.2) is 42.7 Å². The number of hydrogen-bond acceptors (Lipinski definition) is 5. The van der Waals surface area contributed by atoms with Gasteiger partial charge in [0.1, 0.15) is 0 Å². The first-order valence-corrected chi connectivity index (χ1v) is 9.58. The Balaban J connectivity index is 0.000000396. The molecule has 1 fully saturated rings. The Morgan fingerprint density at radius 2 is 1.83 bits per heavy atom.